The van der Waals surface area contributed by atoms with Crippen molar-refractivity contribution in [2.75, 3.05) is 0 Å². The van der Waals surface area contributed by atoms with Crippen molar-refractivity contribution >= 4 is 5.69 Å². The molecule has 0 aliphatic carbocycles. The Morgan fingerprint density at radius 2 is 1.85 bits per heavy atom. The molecule has 2 aromatic carbocycles. The number of aryl methyl sites for hydroxylation is 1. The first-order chi connectivity index (χ1) is 9.40. The number of nitrogens with zero attached hydrogens (tertiary/aromatic N) is 1. The van der Waals surface area contributed by atoms with Crippen LogP contribution in [0.5, 0.6) is 0 Å². The molecule has 104 valence electrons. The van der Waals surface area contributed by atoms with E-state index in [4.69, 9.17) is 5.73 Å². The lowest BCUT2D eigenvalue weighted by atomic mass is 9.95. The first kappa shape index (κ1) is 14.1. The van der Waals surface area contributed by atoms with Gasteiger partial charge >= 0.3 is 0 Å². The van der Waals surface area contributed by atoms with E-state index in [-0.39, 0.29) is 11.3 Å². The minimum atomic E-state index is -0.893. The van der Waals surface area contributed by atoms with Crippen molar-refractivity contribution in [3.05, 3.63) is 74.8 Å². The lowest BCUT2D eigenvalue weighted by molar-refractivity contribution is -0.384. The molecular formula is C14H12F2N2O2. The summed E-state index contributed by atoms with van der Waals surface area (Å²) in [4.78, 5) is 10.2. The monoisotopic (exact) mass is 278 g/mol. The van der Waals surface area contributed by atoms with Gasteiger partial charge in [0.25, 0.3) is 5.69 Å². The zero-order valence-electron chi connectivity index (χ0n) is 10.6. The van der Waals surface area contributed by atoms with Crippen LogP contribution in [0.25, 0.3) is 0 Å². The van der Waals surface area contributed by atoms with Gasteiger partial charge in [0, 0.05) is 23.8 Å². The average Bonchev–Trinajstić information content (AvgIpc) is 2.38. The number of hydrogen-bond donors (Lipinski definition) is 1. The molecule has 0 aromatic heterocycles. The number of halogens is 2. The molecule has 0 aliphatic heterocycles. The molecule has 2 N–H and O–H groups in total. The van der Waals surface area contributed by atoms with Crippen molar-refractivity contribution in [2.24, 2.45) is 5.73 Å². The van der Waals surface area contributed by atoms with Gasteiger partial charge in [0.1, 0.15) is 11.6 Å². The van der Waals surface area contributed by atoms with E-state index >= 15 is 0 Å². The molecule has 0 heterocycles. The van der Waals surface area contributed by atoms with Gasteiger partial charge < -0.3 is 5.73 Å². The summed E-state index contributed by atoms with van der Waals surface area (Å²) in [5.41, 5.74) is 7.06. The van der Waals surface area contributed by atoms with Gasteiger partial charge in [-0.25, -0.2) is 8.78 Å². The predicted octanol–water partition coefficient (Wildman–Crippen LogP) is 3.23. The fourth-order valence-electron chi connectivity index (χ4n) is 2.00. The van der Waals surface area contributed by atoms with Crippen LogP contribution >= 0.6 is 0 Å². The van der Waals surface area contributed by atoms with E-state index in [0.29, 0.717) is 11.1 Å². The number of hydrogen-bond acceptors (Lipinski definition) is 3. The molecule has 2 rings (SSSR count). The molecule has 1 atom stereocenters. The second-order valence-electron chi connectivity index (χ2n) is 4.44. The summed E-state index contributed by atoms with van der Waals surface area (Å²) < 4.78 is 26.6. The zero-order valence-corrected chi connectivity index (χ0v) is 10.6. The second kappa shape index (κ2) is 5.34. The van der Waals surface area contributed by atoms with Gasteiger partial charge in [-0.05, 0) is 24.1 Å². The third-order valence-electron chi connectivity index (χ3n) is 3.11. The minimum absolute atomic E-state index is 0.0926. The molecular weight excluding hydrogens is 266 g/mol. The van der Waals surface area contributed by atoms with Crippen LogP contribution in [-0.4, -0.2) is 4.92 Å². The fraction of sp³-hybridized carbons (Fsp3) is 0.143. The maximum absolute atomic E-state index is 13.7. The van der Waals surface area contributed by atoms with Gasteiger partial charge in [-0.2, -0.15) is 0 Å². The number of non-ortho nitro benzene ring substituents is 1. The summed E-state index contributed by atoms with van der Waals surface area (Å²) in [6.07, 6.45) is 0. The molecule has 6 heteroatoms. The molecule has 0 radical (unpaired) electrons. The normalized spacial score (nSPS) is 12.2. The summed E-state index contributed by atoms with van der Waals surface area (Å²) in [5, 5.41) is 10.8. The highest BCUT2D eigenvalue weighted by Gasteiger charge is 2.18. The van der Waals surface area contributed by atoms with Gasteiger partial charge in [-0.15, -0.1) is 0 Å². The molecule has 20 heavy (non-hydrogen) atoms. The molecule has 0 saturated carbocycles. The van der Waals surface area contributed by atoms with Crippen LogP contribution in [0.1, 0.15) is 22.7 Å². The largest absolute Gasteiger partial charge is 0.320 e. The fourth-order valence-corrected chi connectivity index (χ4v) is 2.00. The van der Waals surface area contributed by atoms with E-state index in [1.807, 2.05) is 0 Å². The molecule has 2 aromatic rings. The van der Waals surface area contributed by atoms with Gasteiger partial charge in [0.05, 0.1) is 11.0 Å². The van der Waals surface area contributed by atoms with Crippen molar-refractivity contribution in [3.8, 4) is 0 Å². The van der Waals surface area contributed by atoms with E-state index in [9.17, 15) is 18.9 Å². The van der Waals surface area contributed by atoms with Crippen molar-refractivity contribution < 1.29 is 13.7 Å². The second-order valence-corrected chi connectivity index (χ2v) is 4.44. The van der Waals surface area contributed by atoms with E-state index < -0.39 is 22.6 Å². The highest BCUT2D eigenvalue weighted by Crippen LogP contribution is 2.28. The van der Waals surface area contributed by atoms with Gasteiger partial charge in [0.2, 0.25) is 0 Å². The van der Waals surface area contributed by atoms with E-state index in [1.165, 1.54) is 18.2 Å². The lowest BCUT2D eigenvalue weighted by Crippen LogP contribution is -2.15. The molecule has 0 bridgehead atoms. The van der Waals surface area contributed by atoms with Crippen LogP contribution in [0, 0.1) is 28.7 Å². The number of benzene rings is 2. The standard InChI is InChI=1S/C14H12F2N2O2/c1-8-2-4-10(18(19)20)7-12(8)14(17)11-5-3-9(15)6-13(11)16/h2-7,14H,17H2,1H3. The average molecular weight is 278 g/mol. The Kier molecular flexibility index (Phi) is 3.76. The maximum Gasteiger partial charge on any atom is 0.269 e. The highest BCUT2D eigenvalue weighted by molar-refractivity contribution is 5.44. The topological polar surface area (TPSA) is 69.2 Å². The molecule has 0 saturated heterocycles. The van der Waals surface area contributed by atoms with E-state index in [0.717, 1.165) is 12.1 Å². The Balaban J connectivity index is 2.49. The summed E-state index contributed by atoms with van der Waals surface area (Å²) in [6, 6.07) is 6.40. The third kappa shape index (κ3) is 2.65. The molecule has 0 spiro atoms. The van der Waals surface area contributed by atoms with Crippen LogP contribution < -0.4 is 5.73 Å². The Hall–Kier alpha value is -2.34. The lowest BCUT2D eigenvalue weighted by Gasteiger charge is -2.15. The van der Waals surface area contributed by atoms with Gasteiger partial charge in [-0.1, -0.05) is 12.1 Å². The Morgan fingerprint density at radius 3 is 2.45 bits per heavy atom. The van der Waals surface area contributed by atoms with Gasteiger partial charge in [-0.3, -0.25) is 10.1 Å². The number of nitrogens with two attached hydrogens (primary N) is 1. The first-order valence-corrected chi connectivity index (χ1v) is 5.85. The van der Waals surface area contributed by atoms with Crippen LogP contribution in [0.3, 0.4) is 0 Å². The summed E-state index contributed by atoms with van der Waals surface area (Å²) >= 11 is 0. The molecule has 0 amide bonds. The number of rotatable bonds is 3. The Morgan fingerprint density at radius 1 is 1.15 bits per heavy atom. The SMILES string of the molecule is Cc1ccc([N+](=O)[O-])cc1C(N)c1ccc(F)cc1F. The number of nitro groups is 1. The zero-order chi connectivity index (χ0) is 14.9. The van der Waals surface area contributed by atoms with Crippen LogP contribution in [0.15, 0.2) is 36.4 Å². The van der Waals surface area contributed by atoms with E-state index in [1.54, 1.807) is 13.0 Å². The Bertz CT molecular complexity index is 674. The summed E-state index contributed by atoms with van der Waals surface area (Å²) in [6.45, 7) is 1.72. The maximum atomic E-state index is 13.7. The van der Waals surface area contributed by atoms with Crippen LogP contribution in [0.4, 0.5) is 14.5 Å². The van der Waals surface area contributed by atoms with Gasteiger partial charge in [0.15, 0.2) is 0 Å². The summed E-state index contributed by atoms with van der Waals surface area (Å²) in [7, 11) is 0. The molecule has 0 aliphatic rings. The van der Waals surface area contributed by atoms with Crippen molar-refractivity contribution in [1.29, 1.82) is 0 Å². The molecule has 0 fully saturated rings. The quantitative estimate of drug-likeness (QED) is 0.692. The Labute approximate surface area is 114 Å². The molecule has 4 nitrogen and oxygen atoms in total. The summed E-state index contributed by atoms with van der Waals surface area (Å²) in [5.74, 6) is -1.47. The molecule has 1 unspecified atom stereocenters. The highest BCUT2D eigenvalue weighted by atomic mass is 19.1. The van der Waals surface area contributed by atoms with Crippen molar-refractivity contribution in [1.82, 2.24) is 0 Å². The predicted molar refractivity (Wildman–Crippen MR) is 70.2 cm³/mol. The first-order valence-electron chi connectivity index (χ1n) is 5.85. The van der Waals surface area contributed by atoms with Crippen molar-refractivity contribution in [2.45, 2.75) is 13.0 Å². The number of nitro benzene ring substituents is 1. The van der Waals surface area contributed by atoms with Crippen molar-refractivity contribution in [3.63, 3.8) is 0 Å². The third-order valence-corrected chi connectivity index (χ3v) is 3.11. The van der Waals surface area contributed by atoms with Crippen LogP contribution in [-0.2, 0) is 0 Å². The van der Waals surface area contributed by atoms with Crippen LogP contribution in [0.2, 0.25) is 0 Å². The van der Waals surface area contributed by atoms with E-state index in [2.05, 4.69) is 0 Å². The minimum Gasteiger partial charge on any atom is -0.320 e. The smallest absolute Gasteiger partial charge is 0.269 e.